The number of aryl methyl sites for hydroxylation is 1. The highest BCUT2D eigenvalue weighted by Gasteiger charge is 2.11. The van der Waals surface area contributed by atoms with Gasteiger partial charge in [0, 0.05) is 0 Å². The van der Waals surface area contributed by atoms with E-state index in [1.165, 1.54) is 0 Å². The molecule has 0 aromatic heterocycles. The van der Waals surface area contributed by atoms with Gasteiger partial charge in [-0.05, 0) is 35.2 Å². The molecule has 0 fully saturated rings. The zero-order valence-electron chi connectivity index (χ0n) is 10.1. The van der Waals surface area contributed by atoms with Crippen molar-refractivity contribution in [3.8, 4) is 11.1 Å². The molecule has 0 saturated heterocycles. The van der Waals surface area contributed by atoms with Gasteiger partial charge in [0.05, 0.1) is 4.90 Å². The van der Waals surface area contributed by atoms with Crippen LogP contribution in [0.2, 0.25) is 0 Å². The van der Waals surface area contributed by atoms with Crippen molar-refractivity contribution in [1.82, 2.24) is 0 Å². The van der Waals surface area contributed by atoms with Crippen molar-refractivity contribution in [2.45, 2.75) is 18.2 Å². The lowest BCUT2D eigenvalue weighted by molar-refractivity contribution is 0.597. The van der Waals surface area contributed by atoms with E-state index in [-0.39, 0.29) is 4.90 Å². The second kappa shape index (κ2) is 4.92. The van der Waals surface area contributed by atoms with Crippen molar-refractivity contribution in [3.63, 3.8) is 0 Å². The number of sulfonamides is 1. The Balaban J connectivity index is 2.58. The zero-order chi connectivity index (χ0) is 13.2. The number of rotatable bonds is 3. The molecule has 0 saturated carbocycles. The van der Waals surface area contributed by atoms with Crippen LogP contribution in [0.1, 0.15) is 12.5 Å². The summed E-state index contributed by atoms with van der Waals surface area (Å²) in [7, 11) is -3.63. The summed E-state index contributed by atoms with van der Waals surface area (Å²) in [5, 5.41) is 5.14. The lowest BCUT2D eigenvalue weighted by Gasteiger charge is -2.09. The van der Waals surface area contributed by atoms with E-state index in [0.717, 1.165) is 23.1 Å². The van der Waals surface area contributed by atoms with E-state index in [0.29, 0.717) is 0 Å². The Bertz CT molecular complexity index is 649. The minimum atomic E-state index is -3.63. The molecule has 2 aromatic rings. The molecule has 2 aromatic carbocycles. The van der Waals surface area contributed by atoms with Crippen molar-refractivity contribution in [2.24, 2.45) is 5.14 Å². The molecule has 0 bridgehead atoms. The standard InChI is InChI=1S/C14H15NO2S/c1-2-11-10-13(18(15,16)17)8-9-14(11)12-6-4-3-5-7-12/h3-10H,2H2,1H3,(H2,15,16,17). The molecule has 0 unspecified atom stereocenters. The first-order valence-corrected chi connectivity index (χ1v) is 7.28. The molecule has 0 atom stereocenters. The molecule has 0 aliphatic rings. The molecule has 3 nitrogen and oxygen atoms in total. The Morgan fingerprint density at radius 3 is 2.28 bits per heavy atom. The van der Waals surface area contributed by atoms with E-state index in [9.17, 15) is 8.42 Å². The lowest BCUT2D eigenvalue weighted by Crippen LogP contribution is -2.12. The first kappa shape index (κ1) is 12.8. The lowest BCUT2D eigenvalue weighted by atomic mass is 9.98. The van der Waals surface area contributed by atoms with E-state index >= 15 is 0 Å². The summed E-state index contributed by atoms with van der Waals surface area (Å²) >= 11 is 0. The number of hydrogen-bond donors (Lipinski definition) is 1. The van der Waals surface area contributed by atoms with Crippen LogP contribution in [0.25, 0.3) is 11.1 Å². The monoisotopic (exact) mass is 261 g/mol. The van der Waals surface area contributed by atoms with Crippen molar-refractivity contribution >= 4 is 10.0 Å². The largest absolute Gasteiger partial charge is 0.238 e. The Kier molecular flexibility index (Phi) is 3.50. The minimum absolute atomic E-state index is 0.166. The normalized spacial score (nSPS) is 11.4. The van der Waals surface area contributed by atoms with E-state index in [4.69, 9.17) is 5.14 Å². The van der Waals surface area contributed by atoms with Crippen molar-refractivity contribution in [2.75, 3.05) is 0 Å². The Labute approximate surface area is 107 Å². The van der Waals surface area contributed by atoms with Gasteiger partial charge in [0.25, 0.3) is 0 Å². The highest BCUT2D eigenvalue weighted by molar-refractivity contribution is 7.89. The van der Waals surface area contributed by atoms with Gasteiger partial charge >= 0.3 is 0 Å². The Morgan fingerprint density at radius 2 is 1.72 bits per heavy atom. The van der Waals surface area contributed by atoms with Crippen LogP contribution < -0.4 is 5.14 Å². The van der Waals surface area contributed by atoms with Crippen molar-refractivity contribution in [1.29, 1.82) is 0 Å². The molecule has 0 aliphatic heterocycles. The van der Waals surface area contributed by atoms with Crippen LogP contribution in [0.4, 0.5) is 0 Å². The molecule has 0 spiro atoms. The maximum absolute atomic E-state index is 11.3. The molecule has 0 amide bonds. The van der Waals surface area contributed by atoms with Gasteiger partial charge in [0.15, 0.2) is 0 Å². The average molecular weight is 261 g/mol. The summed E-state index contributed by atoms with van der Waals surface area (Å²) in [6.45, 7) is 1.99. The third-order valence-corrected chi connectivity index (χ3v) is 3.78. The summed E-state index contributed by atoms with van der Waals surface area (Å²) in [4.78, 5) is 0.166. The van der Waals surface area contributed by atoms with E-state index in [1.54, 1.807) is 12.1 Å². The molecular weight excluding hydrogens is 246 g/mol. The fourth-order valence-electron chi connectivity index (χ4n) is 1.94. The molecule has 94 valence electrons. The van der Waals surface area contributed by atoms with E-state index in [1.807, 2.05) is 43.3 Å². The van der Waals surface area contributed by atoms with Crippen LogP contribution in [-0.4, -0.2) is 8.42 Å². The maximum atomic E-state index is 11.3. The summed E-state index contributed by atoms with van der Waals surface area (Å²) in [5.74, 6) is 0. The average Bonchev–Trinajstić information content (AvgIpc) is 2.38. The SMILES string of the molecule is CCc1cc(S(N)(=O)=O)ccc1-c1ccccc1. The topological polar surface area (TPSA) is 60.2 Å². The predicted molar refractivity (Wildman–Crippen MR) is 72.6 cm³/mol. The molecule has 4 heteroatoms. The number of benzene rings is 2. The molecule has 0 aliphatic carbocycles. The van der Waals surface area contributed by atoms with Crippen LogP contribution in [0.15, 0.2) is 53.4 Å². The molecule has 2 N–H and O–H groups in total. The molecule has 0 heterocycles. The third kappa shape index (κ3) is 2.60. The summed E-state index contributed by atoms with van der Waals surface area (Å²) < 4.78 is 22.7. The van der Waals surface area contributed by atoms with Gasteiger partial charge in [-0.25, -0.2) is 13.6 Å². The fourth-order valence-corrected chi connectivity index (χ4v) is 2.50. The van der Waals surface area contributed by atoms with Gasteiger partial charge < -0.3 is 0 Å². The van der Waals surface area contributed by atoms with Crippen molar-refractivity contribution < 1.29 is 8.42 Å². The van der Waals surface area contributed by atoms with Crippen LogP contribution in [-0.2, 0) is 16.4 Å². The first-order chi connectivity index (χ1) is 8.52. The van der Waals surface area contributed by atoms with Gasteiger partial charge in [-0.1, -0.05) is 43.3 Å². The Hall–Kier alpha value is -1.65. The van der Waals surface area contributed by atoms with Crippen LogP contribution in [0.3, 0.4) is 0 Å². The van der Waals surface area contributed by atoms with E-state index in [2.05, 4.69) is 0 Å². The van der Waals surface area contributed by atoms with Gasteiger partial charge in [-0.15, -0.1) is 0 Å². The van der Waals surface area contributed by atoms with Gasteiger partial charge in [0.1, 0.15) is 0 Å². The van der Waals surface area contributed by atoms with Crippen molar-refractivity contribution in [3.05, 3.63) is 54.1 Å². The number of hydrogen-bond acceptors (Lipinski definition) is 2. The Morgan fingerprint density at radius 1 is 1.06 bits per heavy atom. The number of primary sulfonamides is 1. The maximum Gasteiger partial charge on any atom is 0.238 e. The summed E-state index contributed by atoms with van der Waals surface area (Å²) in [6.07, 6.45) is 0.758. The minimum Gasteiger partial charge on any atom is -0.225 e. The summed E-state index contributed by atoms with van der Waals surface area (Å²) in [5.41, 5.74) is 3.11. The zero-order valence-corrected chi connectivity index (χ0v) is 10.9. The van der Waals surface area contributed by atoms with Gasteiger partial charge in [0.2, 0.25) is 10.0 Å². The smallest absolute Gasteiger partial charge is 0.225 e. The van der Waals surface area contributed by atoms with Crippen LogP contribution >= 0.6 is 0 Å². The second-order valence-electron chi connectivity index (χ2n) is 4.08. The van der Waals surface area contributed by atoms with E-state index < -0.39 is 10.0 Å². The number of nitrogens with two attached hydrogens (primary N) is 1. The highest BCUT2D eigenvalue weighted by atomic mass is 32.2. The third-order valence-electron chi connectivity index (χ3n) is 2.87. The fraction of sp³-hybridized carbons (Fsp3) is 0.143. The second-order valence-corrected chi connectivity index (χ2v) is 5.64. The quantitative estimate of drug-likeness (QED) is 0.923. The predicted octanol–water partition coefficient (Wildman–Crippen LogP) is 2.56. The highest BCUT2D eigenvalue weighted by Crippen LogP contribution is 2.26. The first-order valence-electron chi connectivity index (χ1n) is 5.73. The molecule has 0 radical (unpaired) electrons. The van der Waals surface area contributed by atoms with Gasteiger partial charge in [-0.3, -0.25) is 0 Å². The van der Waals surface area contributed by atoms with Gasteiger partial charge in [-0.2, -0.15) is 0 Å². The molecule has 2 rings (SSSR count). The van der Waals surface area contributed by atoms with Crippen LogP contribution in [0.5, 0.6) is 0 Å². The molecule has 18 heavy (non-hydrogen) atoms. The summed E-state index contributed by atoms with van der Waals surface area (Å²) in [6, 6.07) is 14.9. The molecular formula is C14H15NO2S. The van der Waals surface area contributed by atoms with Crippen LogP contribution in [0, 0.1) is 0 Å².